The Balaban J connectivity index is 1.72. The molecule has 0 N–H and O–H groups in total. The lowest BCUT2D eigenvalue weighted by Gasteiger charge is -2.09. The molecule has 1 fully saturated rings. The fraction of sp³-hybridized carbons (Fsp3) is 0.333. The third-order valence-corrected chi connectivity index (χ3v) is 4.06. The summed E-state index contributed by atoms with van der Waals surface area (Å²) in [5.41, 5.74) is 4.14. The van der Waals surface area contributed by atoms with Crippen LogP contribution in [-0.2, 0) is 6.42 Å². The average Bonchev–Trinajstić information content (AvgIpc) is 2.94. The molecule has 0 heterocycles. The van der Waals surface area contributed by atoms with Crippen LogP contribution in [0.15, 0.2) is 54.6 Å². The van der Waals surface area contributed by atoms with Crippen molar-refractivity contribution in [1.82, 2.24) is 0 Å². The van der Waals surface area contributed by atoms with Gasteiger partial charge in [0.2, 0.25) is 0 Å². The van der Waals surface area contributed by atoms with Crippen LogP contribution in [0.4, 0.5) is 0 Å². The Morgan fingerprint density at radius 1 is 0.722 bits per heavy atom. The SMILES string of the molecule is c1ccc(-c2ccc(CC3CCCC3)cc2)cc1. The van der Waals surface area contributed by atoms with E-state index in [4.69, 9.17) is 0 Å². The standard InChI is InChI=1S/C18H20/c1-2-8-17(9-3-1)18-12-10-16(11-13-18)14-15-6-4-5-7-15/h1-3,8-13,15H,4-7,14H2. The van der Waals surface area contributed by atoms with Crippen molar-refractivity contribution >= 4 is 0 Å². The van der Waals surface area contributed by atoms with E-state index >= 15 is 0 Å². The molecule has 2 aromatic rings. The van der Waals surface area contributed by atoms with Gasteiger partial charge in [-0.25, -0.2) is 0 Å². The summed E-state index contributed by atoms with van der Waals surface area (Å²) in [5, 5.41) is 0. The molecule has 0 amide bonds. The van der Waals surface area contributed by atoms with Crippen molar-refractivity contribution in [2.75, 3.05) is 0 Å². The lowest BCUT2D eigenvalue weighted by Crippen LogP contribution is -1.98. The molecule has 3 rings (SSSR count). The van der Waals surface area contributed by atoms with Crippen LogP contribution in [0.1, 0.15) is 31.2 Å². The van der Waals surface area contributed by atoms with Crippen LogP contribution in [0.3, 0.4) is 0 Å². The molecule has 0 bridgehead atoms. The number of hydrogen-bond acceptors (Lipinski definition) is 0. The van der Waals surface area contributed by atoms with Gasteiger partial charge in [0.05, 0.1) is 0 Å². The Morgan fingerprint density at radius 3 is 2.00 bits per heavy atom. The monoisotopic (exact) mass is 236 g/mol. The molecule has 1 aliphatic rings. The zero-order valence-electron chi connectivity index (χ0n) is 10.8. The van der Waals surface area contributed by atoms with E-state index in [0.29, 0.717) is 0 Å². The summed E-state index contributed by atoms with van der Waals surface area (Å²) in [6.07, 6.45) is 7.01. The number of rotatable bonds is 3. The number of benzene rings is 2. The summed E-state index contributed by atoms with van der Waals surface area (Å²) >= 11 is 0. The van der Waals surface area contributed by atoms with Gasteiger partial charge in [-0.3, -0.25) is 0 Å². The first-order valence-electron chi connectivity index (χ1n) is 7.06. The summed E-state index contributed by atoms with van der Waals surface area (Å²) in [4.78, 5) is 0. The normalized spacial score (nSPS) is 16.0. The van der Waals surface area contributed by atoms with E-state index in [9.17, 15) is 0 Å². The first-order chi connectivity index (χ1) is 8.92. The molecule has 0 spiro atoms. The van der Waals surface area contributed by atoms with Crippen molar-refractivity contribution in [2.24, 2.45) is 5.92 Å². The minimum atomic E-state index is 0.938. The van der Waals surface area contributed by atoms with Crippen molar-refractivity contribution in [3.05, 3.63) is 60.2 Å². The molecule has 92 valence electrons. The summed E-state index contributed by atoms with van der Waals surface area (Å²) in [6, 6.07) is 19.8. The second-order valence-electron chi connectivity index (χ2n) is 5.42. The highest BCUT2D eigenvalue weighted by Gasteiger charge is 2.15. The van der Waals surface area contributed by atoms with Crippen LogP contribution in [0.5, 0.6) is 0 Å². The minimum absolute atomic E-state index is 0.938. The van der Waals surface area contributed by atoms with Gasteiger partial charge in [-0.2, -0.15) is 0 Å². The highest BCUT2D eigenvalue weighted by atomic mass is 14.2. The molecule has 1 aliphatic carbocycles. The highest BCUT2D eigenvalue weighted by Crippen LogP contribution is 2.28. The van der Waals surface area contributed by atoms with E-state index in [1.54, 1.807) is 0 Å². The van der Waals surface area contributed by atoms with Crippen LogP contribution in [-0.4, -0.2) is 0 Å². The fourth-order valence-electron chi connectivity index (χ4n) is 3.01. The smallest absolute Gasteiger partial charge is 0.0184 e. The molecule has 0 radical (unpaired) electrons. The maximum absolute atomic E-state index is 2.31. The highest BCUT2D eigenvalue weighted by molar-refractivity contribution is 5.63. The molecule has 0 aromatic heterocycles. The third kappa shape index (κ3) is 2.64. The van der Waals surface area contributed by atoms with Gasteiger partial charge in [-0.1, -0.05) is 80.3 Å². The molecule has 2 aromatic carbocycles. The van der Waals surface area contributed by atoms with Crippen LogP contribution < -0.4 is 0 Å². The van der Waals surface area contributed by atoms with E-state index in [0.717, 1.165) is 5.92 Å². The molecule has 0 saturated heterocycles. The van der Waals surface area contributed by atoms with Crippen molar-refractivity contribution in [3.63, 3.8) is 0 Å². The average molecular weight is 236 g/mol. The van der Waals surface area contributed by atoms with Crippen LogP contribution >= 0.6 is 0 Å². The molecule has 18 heavy (non-hydrogen) atoms. The van der Waals surface area contributed by atoms with Gasteiger partial charge >= 0.3 is 0 Å². The van der Waals surface area contributed by atoms with Gasteiger partial charge < -0.3 is 0 Å². The zero-order valence-corrected chi connectivity index (χ0v) is 10.8. The predicted octanol–water partition coefficient (Wildman–Crippen LogP) is 5.09. The minimum Gasteiger partial charge on any atom is -0.0622 e. The van der Waals surface area contributed by atoms with Crippen LogP contribution in [0, 0.1) is 5.92 Å². The van der Waals surface area contributed by atoms with Gasteiger partial charge in [-0.15, -0.1) is 0 Å². The van der Waals surface area contributed by atoms with E-state index < -0.39 is 0 Å². The second kappa shape index (κ2) is 5.39. The molecule has 0 heteroatoms. The van der Waals surface area contributed by atoms with Gasteiger partial charge in [0.15, 0.2) is 0 Å². The Kier molecular flexibility index (Phi) is 3.45. The van der Waals surface area contributed by atoms with Crippen molar-refractivity contribution in [1.29, 1.82) is 0 Å². The van der Waals surface area contributed by atoms with Gasteiger partial charge in [0, 0.05) is 0 Å². The Hall–Kier alpha value is -1.56. The quantitative estimate of drug-likeness (QED) is 0.696. The first-order valence-corrected chi connectivity index (χ1v) is 7.06. The topological polar surface area (TPSA) is 0 Å². The summed E-state index contributed by atoms with van der Waals surface area (Å²) in [6.45, 7) is 0. The maximum atomic E-state index is 2.31. The lowest BCUT2D eigenvalue weighted by atomic mass is 9.96. The lowest BCUT2D eigenvalue weighted by molar-refractivity contribution is 0.546. The molecule has 0 nitrogen and oxygen atoms in total. The van der Waals surface area contributed by atoms with Crippen molar-refractivity contribution < 1.29 is 0 Å². The zero-order chi connectivity index (χ0) is 12.2. The van der Waals surface area contributed by atoms with E-state index in [-0.39, 0.29) is 0 Å². The molecule has 0 unspecified atom stereocenters. The largest absolute Gasteiger partial charge is 0.0622 e. The van der Waals surface area contributed by atoms with Crippen molar-refractivity contribution in [3.8, 4) is 11.1 Å². The second-order valence-corrected chi connectivity index (χ2v) is 5.42. The molecule has 0 aliphatic heterocycles. The van der Waals surface area contributed by atoms with Crippen LogP contribution in [0.25, 0.3) is 11.1 Å². The Labute approximate surface area is 110 Å². The van der Waals surface area contributed by atoms with Gasteiger partial charge in [0.25, 0.3) is 0 Å². The summed E-state index contributed by atoms with van der Waals surface area (Å²) < 4.78 is 0. The third-order valence-electron chi connectivity index (χ3n) is 4.06. The fourth-order valence-corrected chi connectivity index (χ4v) is 3.01. The van der Waals surface area contributed by atoms with E-state index in [2.05, 4.69) is 54.6 Å². The van der Waals surface area contributed by atoms with Crippen molar-refractivity contribution in [2.45, 2.75) is 32.1 Å². The van der Waals surface area contributed by atoms with Crippen LogP contribution in [0.2, 0.25) is 0 Å². The van der Waals surface area contributed by atoms with E-state index in [1.807, 2.05) is 0 Å². The molecule has 0 atom stereocenters. The molecular weight excluding hydrogens is 216 g/mol. The maximum Gasteiger partial charge on any atom is -0.0184 e. The predicted molar refractivity (Wildman–Crippen MR) is 77.5 cm³/mol. The molecular formula is C18H20. The van der Waals surface area contributed by atoms with E-state index in [1.165, 1.54) is 48.8 Å². The summed E-state index contributed by atoms with van der Waals surface area (Å²) in [7, 11) is 0. The Bertz CT molecular complexity index is 475. The number of hydrogen-bond donors (Lipinski definition) is 0. The first kappa shape index (κ1) is 11.5. The summed E-state index contributed by atoms with van der Waals surface area (Å²) in [5.74, 6) is 0.938. The van der Waals surface area contributed by atoms with Gasteiger partial charge in [-0.05, 0) is 29.0 Å². The Morgan fingerprint density at radius 2 is 1.33 bits per heavy atom. The van der Waals surface area contributed by atoms with Gasteiger partial charge in [0.1, 0.15) is 0 Å². The molecule has 1 saturated carbocycles.